The van der Waals surface area contributed by atoms with Crippen LogP contribution in [0.1, 0.15) is 28.3 Å². The van der Waals surface area contributed by atoms with Crippen LogP contribution in [0.15, 0.2) is 29.9 Å². The molecule has 2 aromatic heterocycles. The highest BCUT2D eigenvalue weighted by atomic mass is 32.1. The van der Waals surface area contributed by atoms with E-state index in [-0.39, 0.29) is 29.8 Å². The average Bonchev–Trinajstić information content (AvgIpc) is 3.13. The first-order valence-corrected chi connectivity index (χ1v) is 10.0. The van der Waals surface area contributed by atoms with Crippen LogP contribution in [-0.2, 0) is 9.53 Å². The summed E-state index contributed by atoms with van der Waals surface area (Å²) in [5.74, 6) is -0.136. The van der Waals surface area contributed by atoms with Crippen molar-refractivity contribution in [3.05, 3.63) is 40.6 Å². The van der Waals surface area contributed by atoms with Gasteiger partial charge in [-0.3, -0.25) is 14.6 Å². The Balaban J connectivity index is 1.38. The Hall–Kier alpha value is -2.32. The first-order valence-electron chi connectivity index (χ1n) is 9.14. The van der Waals surface area contributed by atoms with E-state index in [1.54, 1.807) is 18.5 Å². The Kier molecular flexibility index (Phi) is 5.18. The van der Waals surface area contributed by atoms with E-state index in [1.807, 2.05) is 23.3 Å². The van der Waals surface area contributed by atoms with Gasteiger partial charge in [-0.05, 0) is 31.9 Å². The molecule has 0 aliphatic carbocycles. The normalized spacial score (nSPS) is 24.9. The summed E-state index contributed by atoms with van der Waals surface area (Å²) in [4.78, 5) is 35.4. The fourth-order valence-corrected chi connectivity index (χ4v) is 4.39. The lowest BCUT2D eigenvalue weighted by Crippen LogP contribution is -2.51. The topological polar surface area (TPSA) is 84.4 Å². The van der Waals surface area contributed by atoms with Gasteiger partial charge in [0, 0.05) is 30.6 Å². The average molecular weight is 386 g/mol. The molecule has 7 nitrogen and oxygen atoms in total. The van der Waals surface area contributed by atoms with Crippen molar-refractivity contribution in [1.29, 1.82) is 0 Å². The van der Waals surface area contributed by atoms with Crippen LogP contribution < -0.4 is 5.32 Å². The minimum atomic E-state index is -0.219. The summed E-state index contributed by atoms with van der Waals surface area (Å²) in [6.07, 6.45) is 4.93. The molecule has 0 unspecified atom stereocenters. The Morgan fingerprint density at radius 1 is 1.41 bits per heavy atom. The van der Waals surface area contributed by atoms with Crippen molar-refractivity contribution in [1.82, 2.24) is 14.9 Å². The van der Waals surface area contributed by atoms with E-state index in [9.17, 15) is 9.59 Å². The molecular weight excluding hydrogens is 364 g/mol. The first kappa shape index (κ1) is 18.1. The number of hydrogen-bond acceptors (Lipinski definition) is 6. The molecule has 1 N–H and O–H groups in total. The zero-order chi connectivity index (χ0) is 18.8. The molecule has 0 saturated carbocycles. The molecule has 2 fully saturated rings. The predicted molar refractivity (Wildman–Crippen MR) is 102 cm³/mol. The van der Waals surface area contributed by atoms with E-state index >= 15 is 0 Å². The maximum Gasteiger partial charge on any atom is 0.273 e. The second kappa shape index (κ2) is 7.74. The number of hydrogen-bond donors (Lipinski definition) is 1. The van der Waals surface area contributed by atoms with E-state index in [1.165, 1.54) is 11.3 Å². The molecule has 4 heterocycles. The molecular formula is C19H22N4O3S. The van der Waals surface area contributed by atoms with Crippen LogP contribution in [0.25, 0.3) is 0 Å². The van der Waals surface area contributed by atoms with Gasteiger partial charge in [-0.15, -0.1) is 11.3 Å². The molecule has 2 saturated heterocycles. The number of rotatable bonds is 3. The number of anilines is 1. The molecule has 3 atom stereocenters. The van der Waals surface area contributed by atoms with Gasteiger partial charge in [0.25, 0.3) is 5.91 Å². The minimum Gasteiger partial charge on any atom is -0.377 e. The number of ether oxygens (including phenoxy) is 1. The molecule has 27 heavy (non-hydrogen) atoms. The molecule has 142 valence electrons. The molecule has 0 bridgehead atoms. The summed E-state index contributed by atoms with van der Waals surface area (Å²) < 4.78 is 5.96. The zero-order valence-corrected chi connectivity index (χ0v) is 15.9. The number of nitrogens with zero attached hydrogens (tertiary/aromatic N) is 3. The van der Waals surface area contributed by atoms with Crippen molar-refractivity contribution < 1.29 is 14.3 Å². The Labute approximate surface area is 161 Å². The number of nitrogens with one attached hydrogen (secondary N) is 1. The van der Waals surface area contributed by atoms with Crippen molar-refractivity contribution >= 4 is 28.8 Å². The zero-order valence-electron chi connectivity index (χ0n) is 15.1. The summed E-state index contributed by atoms with van der Waals surface area (Å²) in [6, 6.07) is 3.60. The third kappa shape index (κ3) is 4.01. The SMILES string of the molecule is Cc1nc(C(=O)N2CC[C@H]3OC[C@@H](C(=O)Nc4cccnc4)C[C@H]3C2)cs1. The van der Waals surface area contributed by atoms with Gasteiger partial charge in [0.1, 0.15) is 5.69 Å². The number of amides is 2. The summed E-state index contributed by atoms with van der Waals surface area (Å²) in [7, 11) is 0. The maximum atomic E-state index is 12.7. The fraction of sp³-hybridized carbons (Fsp3) is 0.474. The Morgan fingerprint density at radius 3 is 3.04 bits per heavy atom. The molecule has 0 radical (unpaired) electrons. The van der Waals surface area contributed by atoms with E-state index in [2.05, 4.69) is 15.3 Å². The van der Waals surface area contributed by atoms with Crippen molar-refractivity contribution in [2.45, 2.75) is 25.9 Å². The van der Waals surface area contributed by atoms with Crippen LogP contribution in [0.2, 0.25) is 0 Å². The lowest BCUT2D eigenvalue weighted by Gasteiger charge is -2.42. The molecule has 2 aromatic rings. The number of thiazole rings is 1. The van der Waals surface area contributed by atoms with Gasteiger partial charge < -0.3 is 15.0 Å². The lowest BCUT2D eigenvalue weighted by molar-refractivity contribution is -0.133. The molecule has 0 spiro atoms. The number of carbonyl (C=O) groups is 2. The number of likely N-dealkylation sites (tertiary alicyclic amines) is 1. The van der Waals surface area contributed by atoms with E-state index in [4.69, 9.17) is 4.74 Å². The number of aromatic nitrogens is 2. The van der Waals surface area contributed by atoms with Gasteiger partial charge in [-0.25, -0.2) is 4.98 Å². The highest BCUT2D eigenvalue weighted by Crippen LogP contribution is 2.32. The largest absolute Gasteiger partial charge is 0.377 e. The van der Waals surface area contributed by atoms with Gasteiger partial charge >= 0.3 is 0 Å². The summed E-state index contributed by atoms with van der Waals surface area (Å²) in [5, 5.41) is 5.60. The van der Waals surface area contributed by atoms with Gasteiger partial charge in [0.2, 0.25) is 5.91 Å². The summed E-state index contributed by atoms with van der Waals surface area (Å²) >= 11 is 1.48. The van der Waals surface area contributed by atoms with E-state index in [0.717, 1.165) is 17.8 Å². The quantitative estimate of drug-likeness (QED) is 0.875. The van der Waals surface area contributed by atoms with Crippen molar-refractivity contribution in [3.8, 4) is 0 Å². The van der Waals surface area contributed by atoms with Crippen LogP contribution in [-0.4, -0.2) is 52.5 Å². The van der Waals surface area contributed by atoms with Crippen molar-refractivity contribution in [2.75, 3.05) is 25.0 Å². The van der Waals surface area contributed by atoms with Crippen LogP contribution in [0.3, 0.4) is 0 Å². The van der Waals surface area contributed by atoms with Crippen molar-refractivity contribution in [2.24, 2.45) is 11.8 Å². The number of fused-ring (bicyclic) bond motifs is 1. The third-order valence-corrected chi connectivity index (χ3v) is 5.96. The number of aryl methyl sites for hydroxylation is 1. The standard InChI is InChI=1S/C19H22N4O3S/c1-12-21-16(11-27-12)19(25)23-6-4-17-13(9-23)7-14(10-26-17)18(24)22-15-3-2-5-20-8-15/h2-3,5,8,11,13-14,17H,4,6-7,9-10H2,1H3,(H,22,24)/t13-,14-,17+/m0/s1. The molecule has 8 heteroatoms. The lowest BCUT2D eigenvalue weighted by atomic mass is 9.83. The van der Waals surface area contributed by atoms with Gasteiger partial charge in [-0.1, -0.05) is 0 Å². The molecule has 2 amide bonds. The second-order valence-corrected chi connectivity index (χ2v) is 8.15. The summed E-state index contributed by atoms with van der Waals surface area (Å²) in [6.45, 7) is 3.60. The van der Waals surface area contributed by atoms with Crippen LogP contribution in [0.4, 0.5) is 5.69 Å². The molecule has 4 rings (SSSR count). The molecule has 0 aromatic carbocycles. The maximum absolute atomic E-state index is 12.7. The number of pyridine rings is 1. The highest BCUT2D eigenvalue weighted by Gasteiger charge is 2.39. The highest BCUT2D eigenvalue weighted by molar-refractivity contribution is 7.09. The minimum absolute atomic E-state index is 0.0280. The first-order chi connectivity index (χ1) is 13.1. The number of piperidine rings is 1. The van der Waals surface area contributed by atoms with E-state index < -0.39 is 0 Å². The number of carbonyl (C=O) groups excluding carboxylic acids is 2. The monoisotopic (exact) mass is 386 g/mol. The Morgan fingerprint density at radius 2 is 2.30 bits per heavy atom. The predicted octanol–water partition coefficient (Wildman–Crippen LogP) is 2.35. The smallest absolute Gasteiger partial charge is 0.273 e. The van der Waals surface area contributed by atoms with Crippen LogP contribution in [0, 0.1) is 18.8 Å². The van der Waals surface area contributed by atoms with Gasteiger partial charge in [0.15, 0.2) is 0 Å². The Bertz CT molecular complexity index is 825. The molecule has 2 aliphatic heterocycles. The van der Waals surface area contributed by atoms with Gasteiger partial charge in [0.05, 0.1) is 35.5 Å². The second-order valence-electron chi connectivity index (χ2n) is 7.09. The summed E-state index contributed by atoms with van der Waals surface area (Å²) in [5.41, 5.74) is 1.20. The fourth-order valence-electron chi connectivity index (χ4n) is 3.80. The molecule has 2 aliphatic rings. The van der Waals surface area contributed by atoms with E-state index in [0.29, 0.717) is 31.1 Å². The van der Waals surface area contributed by atoms with Crippen molar-refractivity contribution in [3.63, 3.8) is 0 Å². The van der Waals surface area contributed by atoms with Crippen LogP contribution >= 0.6 is 11.3 Å². The third-order valence-electron chi connectivity index (χ3n) is 5.19. The van der Waals surface area contributed by atoms with Crippen LogP contribution in [0.5, 0.6) is 0 Å². The van der Waals surface area contributed by atoms with Gasteiger partial charge in [-0.2, -0.15) is 0 Å².